The van der Waals surface area contributed by atoms with Gasteiger partial charge in [-0.25, -0.2) is 9.97 Å². The predicted octanol–water partition coefficient (Wildman–Crippen LogP) is 2.86. The summed E-state index contributed by atoms with van der Waals surface area (Å²) in [4.78, 5) is 7.46. The standard InChI is InChI=1S/C13H16F3N3O/c14-13(15,16)11-4-6-17-12(19-11)18-9-2-1-3-10-8(9)5-7-20-10/h4,6,8-10H,1-3,5,7H2,(H,17,18,19)/t8-,9-,10-/m1/s1. The summed E-state index contributed by atoms with van der Waals surface area (Å²) in [5.74, 6) is 0.402. The van der Waals surface area contributed by atoms with Crippen LogP contribution < -0.4 is 5.32 Å². The molecule has 0 bridgehead atoms. The van der Waals surface area contributed by atoms with Crippen molar-refractivity contribution in [1.29, 1.82) is 0 Å². The average molecular weight is 287 g/mol. The van der Waals surface area contributed by atoms with E-state index in [1.165, 1.54) is 0 Å². The Morgan fingerprint density at radius 2 is 2.10 bits per heavy atom. The van der Waals surface area contributed by atoms with Crippen LogP contribution in [0.2, 0.25) is 0 Å². The zero-order valence-corrected chi connectivity index (χ0v) is 10.9. The Morgan fingerprint density at radius 1 is 1.25 bits per heavy atom. The minimum Gasteiger partial charge on any atom is -0.378 e. The van der Waals surface area contributed by atoms with Crippen LogP contribution in [0, 0.1) is 5.92 Å². The lowest BCUT2D eigenvalue weighted by Gasteiger charge is -2.33. The lowest BCUT2D eigenvalue weighted by atomic mass is 9.82. The van der Waals surface area contributed by atoms with Crippen LogP contribution in [0.3, 0.4) is 0 Å². The molecule has 2 fully saturated rings. The molecular formula is C13H16F3N3O. The second-order valence-electron chi connectivity index (χ2n) is 5.31. The molecule has 3 atom stereocenters. The van der Waals surface area contributed by atoms with Gasteiger partial charge in [-0.1, -0.05) is 0 Å². The lowest BCUT2D eigenvalue weighted by molar-refractivity contribution is -0.141. The van der Waals surface area contributed by atoms with Gasteiger partial charge in [0.1, 0.15) is 5.69 Å². The first-order valence-corrected chi connectivity index (χ1v) is 6.82. The van der Waals surface area contributed by atoms with Crippen molar-refractivity contribution in [2.45, 2.75) is 44.0 Å². The van der Waals surface area contributed by atoms with Crippen LogP contribution in [0.5, 0.6) is 0 Å². The number of fused-ring (bicyclic) bond motifs is 1. The molecular weight excluding hydrogens is 271 g/mol. The Kier molecular flexibility index (Phi) is 3.54. The molecule has 1 saturated carbocycles. The number of nitrogens with one attached hydrogen (secondary N) is 1. The molecule has 0 aromatic carbocycles. The topological polar surface area (TPSA) is 47.0 Å². The summed E-state index contributed by atoms with van der Waals surface area (Å²) in [5.41, 5.74) is -0.912. The Bertz CT molecular complexity index is 480. The second-order valence-corrected chi connectivity index (χ2v) is 5.31. The van der Waals surface area contributed by atoms with Gasteiger partial charge in [-0.2, -0.15) is 13.2 Å². The van der Waals surface area contributed by atoms with E-state index in [1.807, 2.05) is 0 Å². The fraction of sp³-hybridized carbons (Fsp3) is 0.692. The number of rotatable bonds is 2. The maximum Gasteiger partial charge on any atom is 0.433 e. The van der Waals surface area contributed by atoms with Crippen molar-refractivity contribution in [1.82, 2.24) is 9.97 Å². The van der Waals surface area contributed by atoms with Crippen molar-refractivity contribution in [3.63, 3.8) is 0 Å². The fourth-order valence-electron chi connectivity index (χ4n) is 3.11. The lowest BCUT2D eigenvalue weighted by Crippen LogP contribution is -2.38. The summed E-state index contributed by atoms with van der Waals surface area (Å²) < 4.78 is 43.5. The second kappa shape index (κ2) is 5.20. The van der Waals surface area contributed by atoms with E-state index in [0.29, 0.717) is 5.92 Å². The first-order valence-electron chi connectivity index (χ1n) is 6.82. The van der Waals surface area contributed by atoms with E-state index in [4.69, 9.17) is 4.74 Å². The molecule has 1 N–H and O–H groups in total. The van der Waals surface area contributed by atoms with Gasteiger partial charge in [0.2, 0.25) is 5.95 Å². The Morgan fingerprint density at radius 3 is 2.90 bits per heavy atom. The molecule has 2 aliphatic rings. The van der Waals surface area contributed by atoms with Crippen LogP contribution in [-0.2, 0) is 10.9 Å². The highest BCUT2D eigenvalue weighted by Crippen LogP contribution is 2.36. The highest BCUT2D eigenvalue weighted by molar-refractivity contribution is 5.28. The van der Waals surface area contributed by atoms with Crippen LogP contribution in [-0.4, -0.2) is 28.7 Å². The minimum absolute atomic E-state index is 0.0531. The van der Waals surface area contributed by atoms with Crippen molar-refractivity contribution in [3.05, 3.63) is 18.0 Å². The molecule has 1 aromatic rings. The van der Waals surface area contributed by atoms with Gasteiger partial charge in [0.15, 0.2) is 0 Å². The zero-order chi connectivity index (χ0) is 14.2. The van der Waals surface area contributed by atoms with Crippen LogP contribution in [0.25, 0.3) is 0 Å². The normalized spacial score (nSPS) is 30.1. The van der Waals surface area contributed by atoms with E-state index in [1.54, 1.807) is 0 Å². The largest absolute Gasteiger partial charge is 0.433 e. The monoisotopic (exact) mass is 287 g/mol. The van der Waals surface area contributed by atoms with Crippen molar-refractivity contribution in [2.75, 3.05) is 11.9 Å². The number of hydrogen-bond donors (Lipinski definition) is 1. The molecule has 20 heavy (non-hydrogen) atoms. The van der Waals surface area contributed by atoms with Gasteiger partial charge >= 0.3 is 6.18 Å². The van der Waals surface area contributed by atoms with Gasteiger partial charge in [0.05, 0.1) is 6.10 Å². The molecule has 1 aliphatic carbocycles. The molecule has 2 heterocycles. The number of alkyl halides is 3. The van der Waals surface area contributed by atoms with Gasteiger partial charge in [-0.15, -0.1) is 0 Å². The molecule has 0 amide bonds. The van der Waals surface area contributed by atoms with Gasteiger partial charge in [0, 0.05) is 24.8 Å². The van der Waals surface area contributed by atoms with E-state index >= 15 is 0 Å². The van der Waals surface area contributed by atoms with Crippen LogP contribution in [0.4, 0.5) is 19.1 Å². The quantitative estimate of drug-likeness (QED) is 0.908. The zero-order valence-electron chi connectivity index (χ0n) is 10.9. The number of aromatic nitrogens is 2. The summed E-state index contributed by atoms with van der Waals surface area (Å²) in [6.07, 6.45) is 0.844. The van der Waals surface area contributed by atoms with Gasteiger partial charge < -0.3 is 10.1 Å². The molecule has 4 nitrogen and oxygen atoms in total. The summed E-state index contributed by atoms with van der Waals surface area (Å²) in [6, 6.07) is 0.979. The van der Waals surface area contributed by atoms with Crippen LogP contribution in [0.15, 0.2) is 12.3 Å². The SMILES string of the molecule is FC(F)(F)c1ccnc(N[C@@H]2CCC[C@H]3OCC[C@H]23)n1. The van der Waals surface area contributed by atoms with E-state index in [0.717, 1.165) is 44.6 Å². The summed E-state index contributed by atoms with van der Waals surface area (Å²) in [6.45, 7) is 0.733. The number of hydrogen-bond acceptors (Lipinski definition) is 4. The van der Waals surface area contributed by atoms with Crippen molar-refractivity contribution >= 4 is 5.95 Å². The molecule has 1 aliphatic heterocycles. The van der Waals surface area contributed by atoms with E-state index < -0.39 is 11.9 Å². The third-order valence-corrected chi connectivity index (χ3v) is 4.04. The van der Waals surface area contributed by atoms with Crippen LogP contribution in [0.1, 0.15) is 31.4 Å². The van der Waals surface area contributed by atoms with E-state index in [9.17, 15) is 13.2 Å². The number of nitrogens with zero attached hydrogens (tertiary/aromatic N) is 2. The number of halogens is 3. The van der Waals surface area contributed by atoms with Gasteiger partial charge in [-0.3, -0.25) is 0 Å². The fourth-order valence-corrected chi connectivity index (χ4v) is 3.11. The van der Waals surface area contributed by atoms with E-state index in [2.05, 4.69) is 15.3 Å². The first kappa shape index (κ1) is 13.6. The Labute approximate surface area is 114 Å². The molecule has 3 rings (SSSR count). The van der Waals surface area contributed by atoms with Crippen molar-refractivity contribution in [2.24, 2.45) is 5.92 Å². The molecule has 1 aromatic heterocycles. The minimum atomic E-state index is -4.44. The Hall–Kier alpha value is -1.37. The van der Waals surface area contributed by atoms with Crippen molar-refractivity contribution < 1.29 is 17.9 Å². The first-order chi connectivity index (χ1) is 9.54. The van der Waals surface area contributed by atoms with Gasteiger partial charge in [-0.05, 0) is 31.7 Å². The number of ether oxygens (including phenoxy) is 1. The summed E-state index contributed by atoms with van der Waals surface area (Å²) in [7, 11) is 0. The maximum absolute atomic E-state index is 12.6. The molecule has 0 radical (unpaired) electrons. The third-order valence-electron chi connectivity index (χ3n) is 4.04. The Balaban J connectivity index is 1.74. The van der Waals surface area contributed by atoms with Crippen molar-refractivity contribution in [3.8, 4) is 0 Å². The molecule has 0 spiro atoms. The molecule has 7 heteroatoms. The van der Waals surface area contributed by atoms with Gasteiger partial charge in [0.25, 0.3) is 0 Å². The smallest absolute Gasteiger partial charge is 0.378 e. The summed E-state index contributed by atoms with van der Waals surface area (Å²) in [5, 5.41) is 3.06. The van der Waals surface area contributed by atoms with E-state index in [-0.39, 0.29) is 18.1 Å². The summed E-state index contributed by atoms with van der Waals surface area (Å²) >= 11 is 0. The maximum atomic E-state index is 12.6. The molecule has 0 unspecified atom stereocenters. The molecule has 1 saturated heterocycles. The highest BCUT2D eigenvalue weighted by atomic mass is 19.4. The highest BCUT2D eigenvalue weighted by Gasteiger charge is 2.38. The van der Waals surface area contributed by atoms with Crippen LogP contribution >= 0.6 is 0 Å². The number of anilines is 1. The molecule has 110 valence electrons. The average Bonchev–Trinajstić information content (AvgIpc) is 2.87. The predicted molar refractivity (Wildman–Crippen MR) is 66.1 cm³/mol. The third kappa shape index (κ3) is 2.72.